The Hall–Kier alpha value is -1.73. The molecule has 0 fully saturated rings. The van der Waals surface area contributed by atoms with E-state index < -0.39 is 0 Å². The van der Waals surface area contributed by atoms with E-state index in [2.05, 4.69) is 37.7 Å². The van der Waals surface area contributed by atoms with Gasteiger partial charge in [-0.3, -0.25) is 0 Å². The van der Waals surface area contributed by atoms with Crippen LogP contribution in [0.5, 0.6) is 5.75 Å². The average molecular weight is 417 g/mol. The minimum absolute atomic E-state index is 0. The largest absolute Gasteiger partial charge is 0.486 e. The maximum absolute atomic E-state index is 6.14. The van der Waals surface area contributed by atoms with Gasteiger partial charge in [0.2, 0.25) is 5.28 Å². The normalized spacial score (nSPS) is 10.6. The molecular weight excluding hydrogens is 397 g/mol. The fourth-order valence-corrected chi connectivity index (χ4v) is 2.99. The fourth-order valence-electron chi connectivity index (χ4n) is 2.55. The smallest absolute Gasteiger partial charge is 0.226 e. The predicted octanol–water partition coefficient (Wildman–Crippen LogP) is 3.94. The maximum Gasteiger partial charge on any atom is 0.226 e. The number of halogens is 3. The molecular formula is C17H20Cl3N5O. The van der Waals surface area contributed by atoms with Gasteiger partial charge in [-0.1, -0.05) is 29.8 Å². The van der Waals surface area contributed by atoms with Gasteiger partial charge in [0, 0.05) is 30.2 Å². The molecule has 0 saturated carbocycles. The van der Waals surface area contributed by atoms with Crippen LogP contribution in [0.1, 0.15) is 5.56 Å². The number of aromatic nitrogens is 3. The lowest BCUT2D eigenvalue weighted by atomic mass is 10.1. The molecule has 0 aliphatic heterocycles. The lowest BCUT2D eigenvalue weighted by Gasteiger charge is -2.13. The minimum atomic E-state index is 0. The quantitative estimate of drug-likeness (QED) is 0.295. The summed E-state index contributed by atoms with van der Waals surface area (Å²) in [5.74, 6) is 0.918. The van der Waals surface area contributed by atoms with E-state index in [1.54, 1.807) is 0 Å². The molecule has 0 atom stereocenters. The Balaban J connectivity index is 0.00000243. The molecule has 2 heterocycles. The highest BCUT2D eigenvalue weighted by molar-refractivity contribution is 6.33. The summed E-state index contributed by atoms with van der Waals surface area (Å²) in [5, 5.41) is 7.75. The van der Waals surface area contributed by atoms with Crippen LogP contribution < -0.4 is 15.4 Å². The highest BCUT2D eigenvalue weighted by Gasteiger charge is 2.14. The first-order valence-electron chi connectivity index (χ1n) is 7.98. The summed E-state index contributed by atoms with van der Waals surface area (Å²) < 4.78 is 5.67. The number of likely N-dealkylation sites (N-methyl/N-ethyl adjacent to an activating group) is 1. The standard InChI is InChI=1S/C17H19Cl2N5O.ClH/c1-20-8-9-25-14-15(18)23-17(19)24-16(14)21-7-6-11-10-22-13-5-3-2-4-12(11)13;/h2-5,10,20,22H,6-9H2,1H3,(H,21,23,24);1H. The molecule has 0 unspecified atom stereocenters. The van der Waals surface area contributed by atoms with Gasteiger partial charge in [-0.05, 0) is 36.7 Å². The average Bonchev–Trinajstić information content (AvgIpc) is 3.00. The van der Waals surface area contributed by atoms with Crippen LogP contribution in [-0.2, 0) is 6.42 Å². The lowest BCUT2D eigenvalue weighted by Crippen LogP contribution is -2.17. The lowest BCUT2D eigenvalue weighted by molar-refractivity contribution is 0.317. The van der Waals surface area contributed by atoms with Gasteiger partial charge in [-0.25, -0.2) is 4.98 Å². The first-order valence-corrected chi connectivity index (χ1v) is 8.74. The Morgan fingerprint density at radius 1 is 1.15 bits per heavy atom. The minimum Gasteiger partial charge on any atom is -0.486 e. The number of anilines is 1. The van der Waals surface area contributed by atoms with Crippen LogP contribution in [0.4, 0.5) is 5.82 Å². The van der Waals surface area contributed by atoms with E-state index in [1.807, 2.05) is 25.4 Å². The summed E-state index contributed by atoms with van der Waals surface area (Å²) in [6.07, 6.45) is 2.84. The third kappa shape index (κ3) is 4.92. The van der Waals surface area contributed by atoms with Gasteiger partial charge in [0.05, 0.1) is 0 Å². The summed E-state index contributed by atoms with van der Waals surface area (Å²) >= 11 is 12.1. The number of aromatic amines is 1. The summed E-state index contributed by atoms with van der Waals surface area (Å²) in [4.78, 5) is 11.4. The molecule has 3 N–H and O–H groups in total. The Kier molecular flexibility index (Phi) is 7.78. The van der Waals surface area contributed by atoms with Gasteiger partial charge in [-0.15, -0.1) is 12.4 Å². The van der Waals surface area contributed by atoms with E-state index in [0.29, 0.717) is 31.3 Å². The Morgan fingerprint density at radius 3 is 2.77 bits per heavy atom. The van der Waals surface area contributed by atoms with Crippen LogP contribution >= 0.6 is 35.6 Å². The molecule has 1 aromatic carbocycles. The molecule has 0 spiro atoms. The molecule has 0 radical (unpaired) electrons. The van der Waals surface area contributed by atoms with Crippen LogP contribution in [0.15, 0.2) is 30.5 Å². The number of fused-ring (bicyclic) bond motifs is 1. The SMILES string of the molecule is CNCCOc1c(Cl)nc(Cl)nc1NCCc1c[nH]c2ccccc12.Cl. The molecule has 3 rings (SSSR count). The van der Waals surface area contributed by atoms with Crippen molar-refractivity contribution in [3.8, 4) is 5.75 Å². The molecule has 9 heteroatoms. The summed E-state index contributed by atoms with van der Waals surface area (Å²) in [6, 6.07) is 8.21. The zero-order valence-corrected chi connectivity index (χ0v) is 16.5. The second-order valence-corrected chi connectivity index (χ2v) is 6.15. The number of H-pyrrole nitrogens is 1. The zero-order chi connectivity index (χ0) is 17.6. The van der Waals surface area contributed by atoms with E-state index in [-0.39, 0.29) is 22.8 Å². The number of hydrogen-bond acceptors (Lipinski definition) is 5. The highest BCUT2D eigenvalue weighted by atomic mass is 35.5. The van der Waals surface area contributed by atoms with Gasteiger partial charge in [0.15, 0.2) is 16.7 Å². The number of nitrogens with zero attached hydrogens (tertiary/aromatic N) is 2. The van der Waals surface area contributed by atoms with E-state index in [1.165, 1.54) is 10.9 Å². The molecule has 0 saturated heterocycles. The third-order valence-corrected chi connectivity index (χ3v) is 4.18. The van der Waals surface area contributed by atoms with Crippen molar-refractivity contribution in [2.75, 3.05) is 32.1 Å². The first kappa shape index (κ1) is 20.6. The third-order valence-electron chi connectivity index (χ3n) is 3.76. The van der Waals surface area contributed by atoms with Crippen molar-refractivity contribution >= 4 is 52.3 Å². The zero-order valence-electron chi connectivity index (χ0n) is 14.2. The molecule has 6 nitrogen and oxygen atoms in total. The van der Waals surface area contributed by atoms with Crippen molar-refractivity contribution in [1.82, 2.24) is 20.3 Å². The van der Waals surface area contributed by atoms with Crippen LogP contribution in [0.3, 0.4) is 0 Å². The molecule has 26 heavy (non-hydrogen) atoms. The molecule has 0 bridgehead atoms. The highest BCUT2D eigenvalue weighted by Crippen LogP contribution is 2.31. The predicted molar refractivity (Wildman–Crippen MR) is 109 cm³/mol. The monoisotopic (exact) mass is 415 g/mol. The van der Waals surface area contributed by atoms with Crippen LogP contribution in [0.2, 0.25) is 10.4 Å². The second-order valence-electron chi connectivity index (χ2n) is 5.45. The van der Waals surface area contributed by atoms with Crippen molar-refractivity contribution in [2.24, 2.45) is 0 Å². The van der Waals surface area contributed by atoms with E-state index in [9.17, 15) is 0 Å². The number of benzene rings is 1. The van der Waals surface area contributed by atoms with Gasteiger partial charge in [0.25, 0.3) is 0 Å². The van der Waals surface area contributed by atoms with Crippen molar-refractivity contribution in [3.05, 3.63) is 46.5 Å². The molecule has 0 aliphatic rings. The Morgan fingerprint density at radius 2 is 1.96 bits per heavy atom. The Labute approximate surface area is 168 Å². The summed E-state index contributed by atoms with van der Waals surface area (Å²) in [6.45, 7) is 1.81. The molecule has 2 aromatic heterocycles. The van der Waals surface area contributed by atoms with Crippen molar-refractivity contribution in [2.45, 2.75) is 6.42 Å². The van der Waals surface area contributed by atoms with Crippen LogP contribution in [-0.4, -0.2) is 41.7 Å². The summed E-state index contributed by atoms with van der Waals surface area (Å²) in [5.41, 5.74) is 2.36. The number of ether oxygens (including phenoxy) is 1. The second kappa shape index (κ2) is 9.83. The topological polar surface area (TPSA) is 74.9 Å². The van der Waals surface area contributed by atoms with E-state index in [4.69, 9.17) is 27.9 Å². The van der Waals surface area contributed by atoms with Gasteiger partial charge in [0.1, 0.15) is 6.61 Å². The fraction of sp³-hybridized carbons (Fsp3) is 0.294. The van der Waals surface area contributed by atoms with Gasteiger partial charge >= 0.3 is 0 Å². The van der Waals surface area contributed by atoms with E-state index in [0.717, 1.165) is 11.9 Å². The molecule has 0 amide bonds. The van der Waals surface area contributed by atoms with Crippen molar-refractivity contribution in [1.29, 1.82) is 0 Å². The van der Waals surface area contributed by atoms with Crippen molar-refractivity contribution < 1.29 is 4.74 Å². The first-order chi connectivity index (χ1) is 12.2. The molecule has 3 aromatic rings. The number of rotatable bonds is 8. The van der Waals surface area contributed by atoms with Crippen molar-refractivity contribution in [3.63, 3.8) is 0 Å². The number of nitrogens with one attached hydrogen (secondary N) is 3. The van der Waals surface area contributed by atoms with Gasteiger partial charge < -0.3 is 20.4 Å². The molecule has 140 valence electrons. The number of hydrogen-bond donors (Lipinski definition) is 3. The van der Waals surface area contributed by atoms with E-state index >= 15 is 0 Å². The molecule has 0 aliphatic carbocycles. The maximum atomic E-state index is 6.14. The Bertz CT molecular complexity index is 856. The van der Waals surface area contributed by atoms with Crippen LogP contribution in [0.25, 0.3) is 10.9 Å². The summed E-state index contributed by atoms with van der Waals surface area (Å²) in [7, 11) is 1.85. The van der Waals surface area contributed by atoms with Crippen LogP contribution in [0, 0.1) is 0 Å². The van der Waals surface area contributed by atoms with Gasteiger partial charge in [-0.2, -0.15) is 4.98 Å². The number of para-hydroxylation sites is 1.